The molecule has 6 nitrogen and oxygen atoms in total. The van der Waals surface area contributed by atoms with E-state index in [1.807, 2.05) is 0 Å². The Bertz CT molecular complexity index is 442. The van der Waals surface area contributed by atoms with Crippen LogP contribution in [0.4, 0.5) is 0 Å². The summed E-state index contributed by atoms with van der Waals surface area (Å²) in [5, 5.41) is -1.40. The van der Waals surface area contributed by atoms with Crippen molar-refractivity contribution in [3.05, 3.63) is 0 Å². The van der Waals surface area contributed by atoms with Gasteiger partial charge in [-0.2, -0.15) is 16.8 Å². The number of rotatable bonds is 13. The SMILES string of the molecule is CC(CCCCSSCCCCC(C)S(=O)(=O)O)S(=O)(=O)O. The molecule has 0 aliphatic heterocycles. The van der Waals surface area contributed by atoms with E-state index in [0.717, 1.165) is 37.2 Å². The maximum atomic E-state index is 10.8. The van der Waals surface area contributed by atoms with Gasteiger partial charge in [0.05, 0.1) is 10.5 Å². The molecule has 0 aromatic rings. The molecule has 2 unspecified atom stereocenters. The van der Waals surface area contributed by atoms with Crippen LogP contribution in [-0.4, -0.2) is 47.9 Å². The molecule has 0 aromatic carbocycles. The number of hydrogen-bond acceptors (Lipinski definition) is 6. The van der Waals surface area contributed by atoms with E-state index >= 15 is 0 Å². The van der Waals surface area contributed by atoms with Gasteiger partial charge in [-0.1, -0.05) is 34.4 Å². The van der Waals surface area contributed by atoms with E-state index in [1.54, 1.807) is 21.6 Å². The van der Waals surface area contributed by atoms with Gasteiger partial charge in [0.15, 0.2) is 0 Å². The van der Waals surface area contributed by atoms with Gasteiger partial charge in [0.1, 0.15) is 0 Å². The Kier molecular flexibility index (Phi) is 11.4. The Balaban J connectivity index is 3.42. The molecule has 10 heteroatoms. The fourth-order valence-corrected chi connectivity index (χ4v) is 4.82. The lowest BCUT2D eigenvalue weighted by Gasteiger charge is -2.08. The van der Waals surface area contributed by atoms with Crippen LogP contribution in [0.5, 0.6) is 0 Å². The third kappa shape index (κ3) is 12.0. The van der Waals surface area contributed by atoms with Crippen molar-refractivity contribution < 1.29 is 25.9 Å². The van der Waals surface area contributed by atoms with Gasteiger partial charge in [0, 0.05) is 11.5 Å². The highest BCUT2D eigenvalue weighted by molar-refractivity contribution is 8.76. The zero-order valence-electron chi connectivity index (χ0n) is 13.0. The van der Waals surface area contributed by atoms with Gasteiger partial charge >= 0.3 is 0 Å². The quantitative estimate of drug-likeness (QED) is 0.278. The van der Waals surface area contributed by atoms with Crippen molar-refractivity contribution in [3.8, 4) is 0 Å². The topological polar surface area (TPSA) is 109 Å². The normalized spacial score (nSPS) is 15.6. The lowest BCUT2D eigenvalue weighted by molar-refractivity contribution is 0.462. The van der Waals surface area contributed by atoms with Gasteiger partial charge in [-0.15, -0.1) is 0 Å². The molecule has 0 radical (unpaired) electrons. The Labute approximate surface area is 142 Å². The van der Waals surface area contributed by atoms with Crippen LogP contribution in [0.3, 0.4) is 0 Å². The van der Waals surface area contributed by atoms with Crippen LogP contribution in [0, 0.1) is 0 Å². The molecule has 2 N–H and O–H groups in total. The predicted molar refractivity (Wildman–Crippen MR) is 94.6 cm³/mol. The highest BCUT2D eigenvalue weighted by Gasteiger charge is 2.16. The van der Waals surface area contributed by atoms with Crippen LogP contribution in [0.15, 0.2) is 0 Å². The van der Waals surface area contributed by atoms with Crippen molar-refractivity contribution in [3.63, 3.8) is 0 Å². The highest BCUT2D eigenvalue weighted by atomic mass is 33.1. The first-order valence-corrected chi connectivity index (χ1v) is 12.7. The molecule has 0 aliphatic carbocycles. The third-order valence-electron chi connectivity index (χ3n) is 3.28. The van der Waals surface area contributed by atoms with Gasteiger partial charge in [-0.05, 0) is 39.5 Å². The molecule has 0 heterocycles. The minimum atomic E-state index is -3.90. The molecule has 0 saturated carbocycles. The van der Waals surface area contributed by atoms with Gasteiger partial charge in [0.25, 0.3) is 20.2 Å². The van der Waals surface area contributed by atoms with Gasteiger partial charge in [-0.25, -0.2) is 0 Å². The molecular formula is C12H26O6S4. The summed E-state index contributed by atoms with van der Waals surface area (Å²) in [6.45, 7) is 3.01. The molecule has 0 aliphatic rings. The molecule has 0 saturated heterocycles. The first kappa shape index (κ1) is 22.5. The molecule has 0 amide bonds. The molecule has 0 fully saturated rings. The minimum Gasteiger partial charge on any atom is -0.285 e. The van der Waals surface area contributed by atoms with Crippen molar-refractivity contribution >= 4 is 41.8 Å². The Morgan fingerprint density at radius 3 is 1.32 bits per heavy atom. The molecular weight excluding hydrogens is 368 g/mol. The zero-order chi connectivity index (χ0) is 17.2. The Morgan fingerprint density at radius 2 is 1.05 bits per heavy atom. The second-order valence-electron chi connectivity index (χ2n) is 5.29. The summed E-state index contributed by atoms with van der Waals surface area (Å²) < 4.78 is 60.8. The average molecular weight is 395 g/mol. The molecule has 0 aromatic heterocycles. The van der Waals surface area contributed by atoms with E-state index in [9.17, 15) is 16.8 Å². The van der Waals surface area contributed by atoms with E-state index < -0.39 is 30.7 Å². The summed E-state index contributed by atoms with van der Waals surface area (Å²) in [7, 11) is -4.37. The average Bonchev–Trinajstić information content (AvgIpc) is 2.38. The summed E-state index contributed by atoms with van der Waals surface area (Å²) in [6.07, 6.45) is 4.27. The van der Waals surface area contributed by atoms with E-state index in [-0.39, 0.29) is 0 Å². The lowest BCUT2D eigenvalue weighted by Crippen LogP contribution is -2.16. The molecule has 0 spiro atoms. The molecule has 2 atom stereocenters. The van der Waals surface area contributed by atoms with Crippen LogP contribution >= 0.6 is 21.6 Å². The van der Waals surface area contributed by atoms with Crippen LogP contribution in [-0.2, 0) is 20.2 Å². The maximum absolute atomic E-state index is 10.8. The fourth-order valence-electron chi connectivity index (χ4n) is 1.60. The van der Waals surface area contributed by atoms with Crippen molar-refractivity contribution in [2.75, 3.05) is 11.5 Å². The summed E-state index contributed by atoms with van der Waals surface area (Å²) in [6, 6.07) is 0. The van der Waals surface area contributed by atoms with E-state index in [2.05, 4.69) is 0 Å². The first-order chi connectivity index (χ1) is 10.0. The summed E-state index contributed by atoms with van der Waals surface area (Å²) in [4.78, 5) is 0. The van der Waals surface area contributed by atoms with Gasteiger partial charge in [-0.3, -0.25) is 9.11 Å². The highest BCUT2D eigenvalue weighted by Crippen LogP contribution is 2.25. The van der Waals surface area contributed by atoms with Gasteiger partial charge in [0.2, 0.25) is 0 Å². The van der Waals surface area contributed by atoms with E-state index in [0.29, 0.717) is 12.8 Å². The Morgan fingerprint density at radius 1 is 0.727 bits per heavy atom. The van der Waals surface area contributed by atoms with Crippen LogP contribution < -0.4 is 0 Å². The van der Waals surface area contributed by atoms with Crippen LogP contribution in [0.1, 0.15) is 52.4 Å². The predicted octanol–water partition coefficient (Wildman–Crippen LogP) is 3.26. The smallest absolute Gasteiger partial charge is 0.267 e. The third-order valence-corrected chi connectivity index (χ3v) is 8.36. The standard InChI is InChI=1S/C12H26O6S4/c1-11(21(13,14)15)7-3-5-9-19-20-10-6-4-8-12(2)22(16,17)18/h11-12H,3-10H2,1-2H3,(H,13,14,15)(H,16,17,18). The molecule has 134 valence electrons. The molecule has 0 bridgehead atoms. The second kappa shape index (κ2) is 11.1. The largest absolute Gasteiger partial charge is 0.285 e. The van der Waals surface area contributed by atoms with Crippen molar-refractivity contribution in [2.45, 2.75) is 62.9 Å². The zero-order valence-corrected chi connectivity index (χ0v) is 16.2. The fraction of sp³-hybridized carbons (Fsp3) is 1.00. The Hall–Kier alpha value is 0.520. The van der Waals surface area contributed by atoms with Crippen LogP contribution in [0.2, 0.25) is 0 Å². The molecule has 22 heavy (non-hydrogen) atoms. The lowest BCUT2D eigenvalue weighted by atomic mass is 10.2. The van der Waals surface area contributed by atoms with Gasteiger partial charge < -0.3 is 0 Å². The van der Waals surface area contributed by atoms with Crippen LogP contribution in [0.25, 0.3) is 0 Å². The minimum absolute atomic E-state index is 0.470. The second-order valence-corrected chi connectivity index (χ2v) is 11.7. The van der Waals surface area contributed by atoms with E-state index in [4.69, 9.17) is 9.11 Å². The summed E-state index contributed by atoms with van der Waals surface area (Å²) >= 11 is 0. The maximum Gasteiger partial charge on any atom is 0.267 e. The number of hydrogen-bond donors (Lipinski definition) is 2. The first-order valence-electron chi connectivity index (χ1n) is 7.22. The summed E-state index contributed by atoms with van der Waals surface area (Å²) in [5.74, 6) is 1.84. The van der Waals surface area contributed by atoms with Crippen molar-refractivity contribution in [1.29, 1.82) is 0 Å². The molecule has 0 rings (SSSR count). The number of unbranched alkanes of at least 4 members (excludes halogenated alkanes) is 2. The van der Waals surface area contributed by atoms with Crippen molar-refractivity contribution in [2.24, 2.45) is 0 Å². The monoisotopic (exact) mass is 394 g/mol. The van der Waals surface area contributed by atoms with E-state index in [1.165, 1.54) is 13.8 Å². The van der Waals surface area contributed by atoms with Crippen molar-refractivity contribution in [1.82, 2.24) is 0 Å². The summed E-state index contributed by atoms with van der Waals surface area (Å²) in [5.41, 5.74) is 0.